The van der Waals surface area contributed by atoms with Gasteiger partial charge >= 0.3 is 12.1 Å². The highest BCUT2D eigenvalue weighted by atomic mass is 32.1. The molecular formula is C14H19N3O6S. The molecule has 0 aliphatic heterocycles. The number of nitrogens with one attached hydrogen (secondary N) is 1. The molecule has 0 unspecified atom stereocenters. The molecule has 9 nitrogen and oxygen atoms in total. The first-order valence-electron chi connectivity index (χ1n) is 7.27. The fraction of sp³-hybridized carbons (Fsp3) is 0.500. The van der Waals surface area contributed by atoms with E-state index in [0.29, 0.717) is 5.69 Å². The second-order valence-corrected chi connectivity index (χ2v) is 5.19. The second kappa shape index (κ2) is 9.60. The predicted molar refractivity (Wildman–Crippen MR) is 87.5 cm³/mol. The molecular weight excluding hydrogens is 338 g/mol. The van der Waals surface area contributed by atoms with E-state index in [2.05, 4.69) is 15.5 Å². The van der Waals surface area contributed by atoms with Crippen LogP contribution in [0.2, 0.25) is 0 Å². The number of hydrogen-bond donors (Lipinski definition) is 1. The highest BCUT2D eigenvalue weighted by Crippen LogP contribution is 2.24. The van der Waals surface area contributed by atoms with Crippen molar-refractivity contribution in [2.45, 2.75) is 27.7 Å². The Balaban J connectivity index is 3.04. The summed E-state index contributed by atoms with van der Waals surface area (Å²) in [4.78, 5) is 44.8. The standard InChI is InChI=1S/C14H19N3O6S/c1-5-21-12(19)9(17-23-7-3)10(18)11-8(4)15-13(24-11)16-14(20)22-6-2/h5-7H2,1-4H3,(H,15,16,20)/b17-9-. The van der Waals surface area contributed by atoms with E-state index in [9.17, 15) is 14.4 Å². The minimum absolute atomic E-state index is 0.0919. The smallest absolute Gasteiger partial charge is 0.413 e. The molecule has 1 aromatic rings. The van der Waals surface area contributed by atoms with Crippen molar-refractivity contribution in [3.05, 3.63) is 10.6 Å². The second-order valence-electron chi connectivity index (χ2n) is 4.19. The van der Waals surface area contributed by atoms with Crippen LogP contribution in [-0.4, -0.2) is 48.4 Å². The first-order chi connectivity index (χ1) is 11.4. The van der Waals surface area contributed by atoms with Gasteiger partial charge in [-0.05, 0) is 27.7 Å². The van der Waals surface area contributed by atoms with E-state index in [1.165, 1.54) is 0 Å². The summed E-state index contributed by atoms with van der Waals surface area (Å²) in [6.07, 6.45) is -0.682. The summed E-state index contributed by atoms with van der Waals surface area (Å²) >= 11 is 0.902. The van der Waals surface area contributed by atoms with Crippen LogP contribution in [0.3, 0.4) is 0 Å². The Hall–Kier alpha value is -2.49. The minimum Gasteiger partial charge on any atom is -0.461 e. The molecule has 0 spiro atoms. The Morgan fingerprint density at radius 2 is 1.79 bits per heavy atom. The third kappa shape index (κ3) is 5.30. The lowest BCUT2D eigenvalue weighted by Crippen LogP contribution is -2.27. The zero-order chi connectivity index (χ0) is 18.1. The third-order valence-corrected chi connectivity index (χ3v) is 3.53. The lowest BCUT2D eigenvalue weighted by molar-refractivity contribution is -0.135. The van der Waals surface area contributed by atoms with Gasteiger partial charge in [-0.1, -0.05) is 16.5 Å². The van der Waals surface area contributed by atoms with Crippen LogP contribution in [0.1, 0.15) is 36.1 Å². The molecule has 1 heterocycles. The Morgan fingerprint density at radius 1 is 1.12 bits per heavy atom. The van der Waals surface area contributed by atoms with Crippen LogP contribution >= 0.6 is 11.3 Å². The zero-order valence-corrected chi connectivity index (χ0v) is 14.7. The topological polar surface area (TPSA) is 116 Å². The molecule has 0 aromatic carbocycles. The lowest BCUT2D eigenvalue weighted by Gasteiger charge is -2.04. The van der Waals surface area contributed by atoms with E-state index >= 15 is 0 Å². The van der Waals surface area contributed by atoms with Gasteiger partial charge < -0.3 is 14.3 Å². The SMILES string of the molecule is CCO/N=C(\C(=O)OCC)C(=O)c1sc(NC(=O)OCC)nc1C. The predicted octanol–water partition coefficient (Wildman–Crippen LogP) is 2.16. The Morgan fingerprint density at radius 3 is 2.38 bits per heavy atom. The van der Waals surface area contributed by atoms with Gasteiger partial charge in [-0.15, -0.1) is 0 Å². The quantitative estimate of drug-likeness (QED) is 0.249. The number of aromatic nitrogens is 1. The maximum Gasteiger partial charge on any atom is 0.413 e. The molecule has 1 aromatic heterocycles. The monoisotopic (exact) mass is 357 g/mol. The number of ether oxygens (including phenoxy) is 2. The molecule has 132 valence electrons. The van der Waals surface area contributed by atoms with E-state index in [0.717, 1.165) is 11.3 Å². The summed E-state index contributed by atoms with van der Waals surface area (Å²) in [5.41, 5.74) is -0.140. The molecule has 0 bridgehead atoms. The van der Waals surface area contributed by atoms with Gasteiger partial charge in [-0.25, -0.2) is 14.6 Å². The number of thiazole rings is 1. The molecule has 0 saturated heterocycles. The van der Waals surface area contributed by atoms with Crippen LogP contribution in [0.4, 0.5) is 9.93 Å². The highest BCUT2D eigenvalue weighted by molar-refractivity contribution is 7.18. The van der Waals surface area contributed by atoms with Crippen LogP contribution in [0.25, 0.3) is 0 Å². The van der Waals surface area contributed by atoms with Crippen LogP contribution in [-0.2, 0) is 19.1 Å². The van der Waals surface area contributed by atoms with Crippen molar-refractivity contribution in [3.8, 4) is 0 Å². The molecule has 1 amide bonds. The number of carbonyl (C=O) groups excluding carboxylic acids is 3. The molecule has 0 fully saturated rings. The molecule has 0 aliphatic carbocycles. The number of anilines is 1. The van der Waals surface area contributed by atoms with Crippen LogP contribution in [0.15, 0.2) is 5.16 Å². The van der Waals surface area contributed by atoms with E-state index in [1.807, 2.05) is 0 Å². The number of rotatable bonds is 8. The van der Waals surface area contributed by atoms with Crippen molar-refractivity contribution in [1.82, 2.24) is 4.98 Å². The molecule has 10 heteroatoms. The zero-order valence-electron chi connectivity index (χ0n) is 13.9. The maximum absolute atomic E-state index is 12.5. The molecule has 1 N–H and O–H groups in total. The molecule has 0 atom stereocenters. The molecule has 1 rings (SSSR count). The number of nitrogens with zero attached hydrogens (tertiary/aromatic N) is 2. The number of Topliss-reactive ketones (excluding diaryl/α,β-unsaturated/α-hetero) is 1. The summed E-state index contributed by atoms with van der Waals surface area (Å²) < 4.78 is 9.55. The van der Waals surface area contributed by atoms with Gasteiger partial charge in [0.2, 0.25) is 11.5 Å². The fourth-order valence-electron chi connectivity index (χ4n) is 1.52. The molecule has 0 radical (unpaired) electrons. The van der Waals surface area contributed by atoms with Gasteiger partial charge in [0, 0.05) is 0 Å². The lowest BCUT2D eigenvalue weighted by atomic mass is 10.2. The highest BCUT2D eigenvalue weighted by Gasteiger charge is 2.28. The number of ketones is 1. The van der Waals surface area contributed by atoms with Crippen molar-refractivity contribution >= 4 is 40.0 Å². The third-order valence-electron chi connectivity index (χ3n) is 2.46. The number of hydrogen-bond acceptors (Lipinski definition) is 9. The average Bonchev–Trinajstić information content (AvgIpc) is 2.88. The van der Waals surface area contributed by atoms with Crippen molar-refractivity contribution in [3.63, 3.8) is 0 Å². The van der Waals surface area contributed by atoms with Crippen LogP contribution < -0.4 is 5.32 Å². The number of carbonyl (C=O) groups is 3. The Kier molecular flexibility index (Phi) is 7.83. The van der Waals surface area contributed by atoms with Gasteiger partial charge in [0.1, 0.15) is 11.5 Å². The van der Waals surface area contributed by atoms with E-state index in [1.54, 1.807) is 27.7 Å². The normalized spacial score (nSPS) is 10.9. The van der Waals surface area contributed by atoms with E-state index in [-0.39, 0.29) is 29.8 Å². The molecule has 0 aliphatic rings. The maximum atomic E-state index is 12.5. The van der Waals surface area contributed by atoms with Crippen LogP contribution in [0, 0.1) is 6.92 Å². The fourth-order valence-corrected chi connectivity index (χ4v) is 2.42. The van der Waals surface area contributed by atoms with Crippen molar-refractivity contribution < 1.29 is 28.7 Å². The molecule has 24 heavy (non-hydrogen) atoms. The number of aryl methyl sites for hydroxylation is 1. The first-order valence-corrected chi connectivity index (χ1v) is 8.09. The summed E-state index contributed by atoms with van der Waals surface area (Å²) in [6, 6.07) is 0. The average molecular weight is 357 g/mol. The van der Waals surface area contributed by atoms with E-state index < -0.39 is 23.6 Å². The van der Waals surface area contributed by atoms with Gasteiger partial charge in [0.05, 0.1) is 18.9 Å². The largest absolute Gasteiger partial charge is 0.461 e. The first kappa shape index (κ1) is 19.6. The van der Waals surface area contributed by atoms with Gasteiger partial charge in [0.15, 0.2) is 5.13 Å². The summed E-state index contributed by atoms with van der Waals surface area (Å²) in [5.74, 6) is -1.57. The Bertz CT molecular complexity index is 640. The van der Waals surface area contributed by atoms with E-state index in [4.69, 9.17) is 14.3 Å². The van der Waals surface area contributed by atoms with Crippen molar-refractivity contribution in [1.29, 1.82) is 0 Å². The summed E-state index contributed by atoms with van der Waals surface area (Å²) in [5, 5.41) is 6.11. The van der Waals surface area contributed by atoms with Crippen LogP contribution in [0.5, 0.6) is 0 Å². The summed E-state index contributed by atoms with van der Waals surface area (Å²) in [6.45, 7) is 7.00. The summed E-state index contributed by atoms with van der Waals surface area (Å²) in [7, 11) is 0. The number of oxime groups is 1. The van der Waals surface area contributed by atoms with Crippen molar-refractivity contribution in [2.24, 2.45) is 5.16 Å². The van der Waals surface area contributed by atoms with Gasteiger partial charge in [0.25, 0.3) is 0 Å². The Labute approximate surface area is 143 Å². The molecule has 0 saturated carbocycles. The number of esters is 1. The minimum atomic E-state index is -0.886. The van der Waals surface area contributed by atoms with Gasteiger partial charge in [-0.3, -0.25) is 10.1 Å². The van der Waals surface area contributed by atoms with Gasteiger partial charge in [-0.2, -0.15) is 0 Å². The van der Waals surface area contributed by atoms with Crippen molar-refractivity contribution in [2.75, 3.05) is 25.1 Å². The number of amides is 1.